The van der Waals surface area contributed by atoms with E-state index in [0.717, 1.165) is 13.0 Å². The number of nitrogens with zero attached hydrogens (tertiary/aromatic N) is 2. The highest BCUT2D eigenvalue weighted by Gasteiger charge is 2.44. The molecule has 4 nitrogen and oxygen atoms in total. The van der Waals surface area contributed by atoms with Crippen molar-refractivity contribution in [2.75, 3.05) is 19.6 Å². The van der Waals surface area contributed by atoms with Crippen LogP contribution in [-0.4, -0.2) is 35.6 Å². The number of rotatable bonds is 10. The normalized spacial score (nSPS) is 18.3. The van der Waals surface area contributed by atoms with Gasteiger partial charge in [0.1, 0.15) is 5.84 Å². The van der Waals surface area contributed by atoms with Gasteiger partial charge in [0.05, 0.1) is 0 Å². The molecule has 0 spiro atoms. The van der Waals surface area contributed by atoms with Crippen LogP contribution in [0, 0.1) is 5.41 Å². The van der Waals surface area contributed by atoms with Crippen molar-refractivity contribution in [2.45, 2.75) is 58.8 Å². The first-order chi connectivity index (χ1) is 8.65. The monoisotopic (exact) mass is 255 g/mol. The van der Waals surface area contributed by atoms with Gasteiger partial charge in [0.2, 0.25) is 0 Å². The number of amidine groups is 1. The van der Waals surface area contributed by atoms with Gasteiger partial charge in [-0.25, -0.2) is 0 Å². The minimum Gasteiger partial charge on any atom is -0.409 e. The number of hydrogen-bond acceptors (Lipinski definition) is 3. The Balaban J connectivity index is 2.43. The Labute approximate surface area is 111 Å². The summed E-state index contributed by atoms with van der Waals surface area (Å²) >= 11 is 0. The molecule has 1 aliphatic carbocycles. The fraction of sp³-hybridized carbons (Fsp3) is 0.929. The van der Waals surface area contributed by atoms with Crippen LogP contribution in [0.15, 0.2) is 5.16 Å². The van der Waals surface area contributed by atoms with E-state index in [1.165, 1.54) is 51.6 Å². The second kappa shape index (κ2) is 7.62. The van der Waals surface area contributed by atoms with Crippen molar-refractivity contribution in [1.29, 1.82) is 0 Å². The molecule has 1 aliphatic rings. The predicted octanol–water partition coefficient (Wildman–Crippen LogP) is 2.81. The fourth-order valence-corrected chi connectivity index (χ4v) is 2.49. The highest BCUT2D eigenvalue weighted by molar-refractivity contribution is 5.80. The molecule has 0 atom stereocenters. The van der Waals surface area contributed by atoms with E-state index in [0.29, 0.717) is 11.3 Å². The van der Waals surface area contributed by atoms with Gasteiger partial charge in [-0.05, 0) is 44.2 Å². The summed E-state index contributed by atoms with van der Waals surface area (Å²) in [6, 6.07) is 0. The van der Waals surface area contributed by atoms with Crippen LogP contribution >= 0.6 is 0 Å². The number of unbranched alkanes of at least 4 members (excludes halogenated alkanes) is 2. The van der Waals surface area contributed by atoms with Crippen molar-refractivity contribution in [1.82, 2.24) is 4.90 Å². The maximum atomic E-state index is 8.69. The molecule has 1 saturated carbocycles. The van der Waals surface area contributed by atoms with Crippen molar-refractivity contribution < 1.29 is 5.21 Å². The molecule has 0 radical (unpaired) electrons. The Morgan fingerprint density at radius 1 is 1.22 bits per heavy atom. The minimum absolute atomic E-state index is 0.303. The predicted molar refractivity (Wildman–Crippen MR) is 75.9 cm³/mol. The molecule has 1 fully saturated rings. The molecule has 1 rings (SSSR count). The van der Waals surface area contributed by atoms with Gasteiger partial charge in [0.15, 0.2) is 0 Å². The average Bonchev–Trinajstić information content (AvgIpc) is 3.12. The van der Waals surface area contributed by atoms with Crippen molar-refractivity contribution >= 4 is 5.84 Å². The first kappa shape index (κ1) is 15.3. The van der Waals surface area contributed by atoms with E-state index in [1.807, 2.05) is 0 Å². The van der Waals surface area contributed by atoms with Gasteiger partial charge in [-0.3, -0.25) is 0 Å². The van der Waals surface area contributed by atoms with Crippen LogP contribution in [0.1, 0.15) is 58.8 Å². The Bertz CT molecular complexity index is 254. The van der Waals surface area contributed by atoms with Crippen molar-refractivity contribution in [3.8, 4) is 0 Å². The number of hydrogen-bond donors (Lipinski definition) is 2. The number of oxime groups is 1. The Hall–Kier alpha value is -0.770. The summed E-state index contributed by atoms with van der Waals surface area (Å²) in [7, 11) is 0. The maximum absolute atomic E-state index is 8.69. The van der Waals surface area contributed by atoms with Crippen LogP contribution in [0.2, 0.25) is 0 Å². The van der Waals surface area contributed by atoms with Crippen LogP contribution in [0.4, 0.5) is 0 Å². The van der Waals surface area contributed by atoms with E-state index in [-0.39, 0.29) is 0 Å². The zero-order chi connectivity index (χ0) is 13.4. The number of nitrogens with two attached hydrogens (primary N) is 1. The topological polar surface area (TPSA) is 61.8 Å². The van der Waals surface area contributed by atoms with Crippen molar-refractivity contribution in [3.63, 3.8) is 0 Å². The highest BCUT2D eigenvalue weighted by Crippen LogP contribution is 2.49. The van der Waals surface area contributed by atoms with Crippen LogP contribution in [0.25, 0.3) is 0 Å². The third-order valence-electron chi connectivity index (χ3n) is 3.86. The first-order valence-electron chi connectivity index (χ1n) is 7.34. The lowest BCUT2D eigenvalue weighted by Crippen LogP contribution is -2.34. The van der Waals surface area contributed by atoms with E-state index >= 15 is 0 Å². The molecule has 0 aromatic heterocycles. The Morgan fingerprint density at radius 2 is 1.78 bits per heavy atom. The summed E-state index contributed by atoms with van der Waals surface area (Å²) in [6.07, 6.45) is 8.21. The fourth-order valence-electron chi connectivity index (χ4n) is 2.49. The van der Waals surface area contributed by atoms with Crippen molar-refractivity contribution in [3.05, 3.63) is 0 Å². The van der Waals surface area contributed by atoms with Gasteiger partial charge in [0.25, 0.3) is 0 Å². The summed E-state index contributed by atoms with van der Waals surface area (Å²) in [5, 5.41) is 11.8. The van der Waals surface area contributed by atoms with E-state index in [1.54, 1.807) is 0 Å². The summed E-state index contributed by atoms with van der Waals surface area (Å²) in [5.41, 5.74) is 5.96. The lowest BCUT2D eigenvalue weighted by atomic mass is 10.0. The molecular formula is C14H29N3O. The molecule has 0 heterocycles. The Morgan fingerprint density at radius 3 is 2.17 bits per heavy atom. The van der Waals surface area contributed by atoms with Gasteiger partial charge in [-0.15, -0.1) is 0 Å². The highest BCUT2D eigenvalue weighted by atomic mass is 16.4. The lowest BCUT2D eigenvalue weighted by molar-refractivity contribution is 0.214. The molecule has 0 unspecified atom stereocenters. The molecule has 0 aromatic rings. The Kier molecular flexibility index (Phi) is 6.47. The van der Waals surface area contributed by atoms with Gasteiger partial charge < -0.3 is 15.8 Å². The SMILES string of the molecule is CCCCN(CCCC)CC1(CC(N)=NO)CC1. The zero-order valence-electron chi connectivity index (χ0n) is 12.0. The third-order valence-corrected chi connectivity index (χ3v) is 3.86. The van der Waals surface area contributed by atoms with Crippen LogP contribution in [0.5, 0.6) is 0 Å². The zero-order valence-corrected chi connectivity index (χ0v) is 12.0. The van der Waals surface area contributed by atoms with Crippen LogP contribution < -0.4 is 5.73 Å². The van der Waals surface area contributed by atoms with E-state index in [2.05, 4.69) is 23.9 Å². The summed E-state index contributed by atoms with van der Waals surface area (Å²) in [6.45, 7) is 7.97. The lowest BCUT2D eigenvalue weighted by Gasteiger charge is -2.27. The molecule has 0 aliphatic heterocycles. The summed E-state index contributed by atoms with van der Waals surface area (Å²) in [5.74, 6) is 0.387. The smallest absolute Gasteiger partial charge is 0.139 e. The van der Waals surface area contributed by atoms with Gasteiger partial charge in [-0.2, -0.15) is 0 Å². The van der Waals surface area contributed by atoms with Gasteiger partial charge in [-0.1, -0.05) is 31.8 Å². The average molecular weight is 255 g/mol. The summed E-state index contributed by atoms with van der Waals surface area (Å²) in [4.78, 5) is 2.57. The molecule has 18 heavy (non-hydrogen) atoms. The van der Waals surface area contributed by atoms with Crippen LogP contribution in [0.3, 0.4) is 0 Å². The first-order valence-corrected chi connectivity index (χ1v) is 7.34. The molecule has 106 valence electrons. The largest absolute Gasteiger partial charge is 0.409 e. The quantitative estimate of drug-likeness (QED) is 0.273. The molecular weight excluding hydrogens is 226 g/mol. The van der Waals surface area contributed by atoms with E-state index in [9.17, 15) is 0 Å². The molecule has 0 saturated heterocycles. The second-order valence-corrected chi connectivity index (χ2v) is 5.75. The second-order valence-electron chi connectivity index (χ2n) is 5.75. The van der Waals surface area contributed by atoms with Crippen molar-refractivity contribution in [2.24, 2.45) is 16.3 Å². The van der Waals surface area contributed by atoms with Gasteiger partial charge in [0, 0.05) is 13.0 Å². The minimum atomic E-state index is 0.303. The van der Waals surface area contributed by atoms with E-state index < -0.39 is 0 Å². The molecule has 0 bridgehead atoms. The molecule has 3 N–H and O–H groups in total. The molecule has 4 heteroatoms. The third kappa shape index (κ3) is 5.25. The van der Waals surface area contributed by atoms with Crippen LogP contribution in [-0.2, 0) is 0 Å². The summed E-state index contributed by atoms with van der Waals surface area (Å²) < 4.78 is 0. The van der Waals surface area contributed by atoms with Gasteiger partial charge >= 0.3 is 0 Å². The van der Waals surface area contributed by atoms with E-state index in [4.69, 9.17) is 10.9 Å². The molecule has 0 amide bonds. The maximum Gasteiger partial charge on any atom is 0.139 e. The standard InChI is InChI=1S/C14H29N3O/c1-3-5-9-17(10-6-4-2)12-14(7-8-14)11-13(15)16-18/h18H,3-12H2,1-2H3,(H2,15,16). The molecule has 0 aromatic carbocycles.